The van der Waals surface area contributed by atoms with E-state index < -0.39 is 0 Å². The number of fused-ring (bicyclic) bond motifs is 1. The molecule has 2 N–H and O–H groups in total. The molecule has 0 spiro atoms. The number of hydrogen-bond donors (Lipinski definition) is 1. The summed E-state index contributed by atoms with van der Waals surface area (Å²) >= 11 is 7.65. The van der Waals surface area contributed by atoms with Crippen LogP contribution in [0.25, 0.3) is 10.1 Å². The molecule has 3 rings (SSSR count). The lowest BCUT2D eigenvalue weighted by Gasteiger charge is -2.12. The molecule has 2 aromatic carbocycles. The van der Waals surface area contributed by atoms with E-state index in [0.29, 0.717) is 0 Å². The lowest BCUT2D eigenvalue weighted by Crippen LogP contribution is -2.11. The van der Waals surface area contributed by atoms with Gasteiger partial charge in [0.15, 0.2) is 0 Å². The Bertz CT molecular complexity index is 738. The first-order valence-corrected chi connectivity index (χ1v) is 8.58. The summed E-state index contributed by atoms with van der Waals surface area (Å²) in [6.07, 6.45) is 0. The van der Waals surface area contributed by atoms with E-state index in [9.17, 15) is 0 Å². The van der Waals surface area contributed by atoms with Crippen molar-refractivity contribution in [3.63, 3.8) is 0 Å². The topological polar surface area (TPSA) is 26.0 Å². The summed E-state index contributed by atoms with van der Waals surface area (Å²) in [7, 11) is 0. The minimum Gasteiger partial charge on any atom is -0.320 e. The molecule has 1 atom stereocenters. The monoisotopic (exact) mass is 443 g/mol. The summed E-state index contributed by atoms with van der Waals surface area (Å²) in [6, 6.07) is 14.6. The molecule has 1 unspecified atom stereocenters. The Balaban J connectivity index is 2.12. The zero-order chi connectivity index (χ0) is 13.4. The second-order valence-electron chi connectivity index (χ2n) is 4.34. The van der Waals surface area contributed by atoms with Crippen molar-refractivity contribution in [3.8, 4) is 0 Å². The summed E-state index contributed by atoms with van der Waals surface area (Å²) in [6.45, 7) is 0. The first-order chi connectivity index (χ1) is 9.16. The Labute approximate surface area is 138 Å². The van der Waals surface area contributed by atoms with Crippen molar-refractivity contribution in [3.05, 3.63) is 67.0 Å². The van der Waals surface area contributed by atoms with Crippen LogP contribution in [0.3, 0.4) is 0 Å². The molecule has 1 aromatic heterocycles. The van der Waals surface area contributed by atoms with Crippen LogP contribution < -0.4 is 5.73 Å². The average Bonchev–Trinajstić information content (AvgIpc) is 2.83. The van der Waals surface area contributed by atoms with Crippen molar-refractivity contribution in [2.45, 2.75) is 6.04 Å². The van der Waals surface area contributed by atoms with E-state index in [1.165, 1.54) is 19.2 Å². The van der Waals surface area contributed by atoms with E-state index in [1.807, 2.05) is 0 Å². The molecule has 0 radical (unpaired) electrons. The van der Waals surface area contributed by atoms with Gasteiger partial charge in [0.1, 0.15) is 0 Å². The Morgan fingerprint density at radius 3 is 2.74 bits per heavy atom. The van der Waals surface area contributed by atoms with Crippen molar-refractivity contribution >= 4 is 59.9 Å². The van der Waals surface area contributed by atoms with Crippen LogP contribution in [-0.4, -0.2) is 0 Å². The lowest BCUT2D eigenvalue weighted by atomic mass is 9.99. The molecule has 0 saturated carbocycles. The van der Waals surface area contributed by atoms with Crippen LogP contribution in [-0.2, 0) is 0 Å². The fourth-order valence-electron chi connectivity index (χ4n) is 2.16. The summed E-state index contributed by atoms with van der Waals surface area (Å²) in [5.74, 6) is 0. The van der Waals surface area contributed by atoms with Crippen LogP contribution >= 0.6 is 49.9 Å². The second kappa shape index (κ2) is 5.52. The van der Waals surface area contributed by atoms with Crippen LogP contribution in [0.4, 0.5) is 0 Å². The molecule has 4 heteroatoms. The molecular formula is C15H11BrINS. The molecule has 0 saturated heterocycles. The minimum absolute atomic E-state index is 0.0715. The molecule has 96 valence electrons. The highest BCUT2D eigenvalue weighted by atomic mass is 127. The van der Waals surface area contributed by atoms with Gasteiger partial charge in [-0.05, 0) is 78.6 Å². The van der Waals surface area contributed by atoms with Crippen LogP contribution in [0.5, 0.6) is 0 Å². The van der Waals surface area contributed by atoms with Gasteiger partial charge in [0.05, 0.1) is 6.04 Å². The van der Waals surface area contributed by atoms with Gasteiger partial charge in [-0.3, -0.25) is 0 Å². The molecule has 0 fully saturated rings. The molecule has 19 heavy (non-hydrogen) atoms. The molecule has 3 aromatic rings. The minimum atomic E-state index is -0.0715. The Morgan fingerprint density at radius 2 is 1.95 bits per heavy atom. The smallest absolute Gasteiger partial charge is 0.0566 e. The third kappa shape index (κ3) is 2.59. The van der Waals surface area contributed by atoms with E-state index in [4.69, 9.17) is 5.73 Å². The van der Waals surface area contributed by atoms with E-state index >= 15 is 0 Å². The van der Waals surface area contributed by atoms with Crippen molar-refractivity contribution < 1.29 is 0 Å². The molecule has 1 nitrogen and oxygen atoms in total. The van der Waals surface area contributed by atoms with Gasteiger partial charge >= 0.3 is 0 Å². The van der Waals surface area contributed by atoms with Gasteiger partial charge in [0, 0.05) is 12.7 Å². The molecule has 0 aliphatic rings. The van der Waals surface area contributed by atoms with Gasteiger partial charge in [-0.15, -0.1) is 11.3 Å². The molecule has 0 aliphatic heterocycles. The number of nitrogens with two attached hydrogens (primary N) is 1. The fourth-order valence-corrected chi connectivity index (χ4v) is 4.39. The zero-order valence-corrected chi connectivity index (χ0v) is 14.5. The lowest BCUT2D eigenvalue weighted by molar-refractivity contribution is 0.883. The van der Waals surface area contributed by atoms with Crippen molar-refractivity contribution in [2.24, 2.45) is 5.73 Å². The average molecular weight is 444 g/mol. The quantitative estimate of drug-likeness (QED) is 0.533. The van der Waals surface area contributed by atoms with Crippen LogP contribution in [0, 0.1) is 3.57 Å². The van der Waals surface area contributed by atoms with Gasteiger partial charge in [0.2, 0.25) is 0 Å². The first-order valence-electron chi connectivity index (χ1n) is 5.83. The predicted molar refractivity (Wildman–Crippen MR) is 94.7 cm³/mol. The summed E-state index contributed by atoms with van der Waals surface area (Å²) in [5.41, 5.74) is 8.79. The van der Waals surface area contributed by atoms with E-state index in [-0.39, 0.29) is 6.04 Å². The van der Waals surface area contributed by atoms with Crippen LogP contribution in [0.2, 0.25) is 0 Å². The number of halogens is 2. The second-order valence-corrected chi connectivity index (χ2v) is 7.32. The van der Waals surface area contributed by atoms with Crippen molar-refractivity contribution in [1.82, 2.24) is 0 Å². The molecular weight excluding hydrogens is 433 g/mol. The van der Waals surface area contributed by atoms with Gasteiger partial charge in [-0.1, -0.05) is 24.3 Å². The van der Waals surface area contributed by atoms with Gasteiger partial charge in [-0.2, -0.15) is 0 Å². The van der Waals surface area contributed by atoms with Gasteiger partial charge < -0.3 is 5.73 Å². The number of rotatable bonds is 2. The molecule has 1 heterocycles. The van der Waals surface area contributed by atoms with E-state index in [1.54, 1.807) is 11.3 Å². The maximum Gasteiger partial charge on any atom is 0.0566 e. The van der Waals surface area contributed by atoms with E-state index in [0.717, 1.165) is 10.0 Å². The van der Waals surface area contributed by atoms with Gasteiger partial charge in [0.25, 0.3) is 0 Å². The summed E-state index contributed by atoms with van der Waals surface area (Å²) in [5, 5.41) is 3.41. The third-order valence-electron chi connectivity index (χ3n) is 3.12. The SMILES string of the molecule is NC(c1cccc(I)c1)c1csc2c(Br)cccc12. The number of hydrogen-bond acceptors (Lipinski definition) is 2. The number of thiophene rings is 1. The largest absolute Gasteiger partial charge is 0.320 e. The van der Waals surface area contributed by atoms with Gasteiger partial charge in [-0.25, -0.2) is 0 Å². The van der Waals surface area contributed by atoms with Crippen molar-refractivity contribution in [2.75, 3.05) is 0 Å². The highest BCUT2D eigenvalue weighted by molar-refractivity contribution is 14.1. The highest BCUT2D eigenvalue weighted by Crippen LogP contribution is 2.36. The third-order valence-corrected chi connectivity index (χ3v) is 5.77. The zero-order valence-electron chi connectivity index (χ0n) is 9.94. The Hall–Kier alpha value is -0.430. The van der Waals surface area contributed by atoms with Crippen molar-refractivity contribution in [1.29, 1.82) is 0 Å². The molecule has 0 amide bonds. The standard InChI is InChI=1S/C15H11BrINS/c16-13-6-2-5-11-12(8-19-15(11)13)14(18)9-3-1-4-10(17)7-9/h1-8,14H,18H2. The predicted octanol–water partition coefficient (Wildman–Crippen LogP) is 5.32. The highest BCUT2D eigenvalue weighted by Gasteiger charge is 2.15. The van der Waals surface area contributed by atoms with Crippen LogP contribution in [0.15, 0.2) is 52.3 Å². The Morgan fingerprint density at radius 1 is 1.16 bits per heavy atom. The summed E-state index contributed by atoms with van der Waals surface area (Å²) in [4.78, 5) is 0. The normalized spacial score (nSPS) is 12.8. The maximum absolute atomic E-state index is 6.43. The van der Waals surface area contributed by atoms with E-state index in [2.05, 4.69) is 86.4 Å². The first kappa shape index (κ1) is 13.5. The fraction of sp³-hybridized carbons (Fsp3) is 0.0667. The summed E-state index contributed by atoms with van der Waals surface area (Å²) < 4.78 is 3.61. The molecule has 0 bridgehead atoms. The molecule has 0 aliphatic carbocycles. The Kier molecular flexibility index (Phi) is 3.93. The number of benzene rings is 2. The van der Waals surface area contributed by atoms with Crippen LogP contribution in [0.1, 0.15) is 17.2 Å². The maximum atomic E-state index is 6.43.